The fourth-order valence-corrected chi connectivity index (χ4v) is 5.63. The molecule has 2 heterocycles. The summed E-state index contributed by atoms with van der Waals surface area (Å²) in [7, 11) is 0. The van der Waals surface area contributed by atoms with Crippen LogP contribution in [-0.2, 0) is 6.42 Å². The molecule has 3 aromatic rings. The summed E-state index contributed by atoms with van der Waals surface area (Å²) < 4.78 is 0. The maximum absolute atomic E-state index is 12.7. The number of aromatic nitrogens is 2. The molecule has 0 fully saturated rings. The number of hydrogen-bond acceptors (Lipinski definition) is 9. The molecular weight excluding hydrogens is 454 g/mol. The molecule has 0 bridgehead atoms. The van der Waals surface area contributed by atoms with Crippen molar-refractivity contribution in [3.05, 3.63) is 54.0 Å². The highest BCUT2D eigenvalue weighted by Crippen LogP contribution is 2.47. The summed E-state index contributed by atoms with van der Waals surface area (Å²) >= 11 is 1.60. The lowest BCUT2D eigenvalue weighted by Gasteiger charge is -2.39. The molecule has 4 rings (SSSR count). The number of rotatable bonds is 7. The van der Waals surface area contributed by atoms with Gasteiger partial charge < -0.3 is 20.6 Å². The van der Waals surface area contributed by atoms with Gasteiger partial charge >= 0.3 is 0 Å². The lowest BCUT2D eigenvalue weighted by molar-refractivity contribution is 0.0764. The summed E-state index contributed by atoms with van der Waals surface area (Å²) in [5.41, 5.74) is -0.154. The Bertz CT molecular complexity index is 1320. The van der Waals surface area contributed by atoms with E-state index in [0.29, 0.717) is 13.1 Å². The highest BCUT2D eigenvalue weighted by atomic mass is 32.1. The first-order chi connectivity index (χ1) is 16.1. The van der Waals surface area contributed by atoms with E-state index in [0.717, 1.165) is 28.4 Å². The van der Waals surface area contributed by atoms with Crippen molar-refractivity contribution in [2.45, 2.75) is 53.5 Å². The number of hydrogen-bond donors (Lipinski definition) is 3. The number of carbonyl (C=O) groups is 1. The maximum atomic E-state index is 12.7. The van der Waals surface area contributed by atoms with Crippen LogP contribution in [0.15, 0.2) is 21.9 Å². The molecule has 1 aliphatic rings. The molecule has 34 heavy (non-hydrogen) atoms. The number of fused-ring (bicyclic) bond motifs is 1. The Morgan fingerprint density at radius 2 is 1.91 bits per heavy atom. The number of amides is 1. The normalized spacial score (nSPS) is 16.8. The minimum Gasteiger partial charge on any atom is -0.504 e. The Kier molecular flexibility index (Phi) is 6.20. The molecule has 1 aliphatic carbocycles. The van der Waals surface area contributed by atoms with Crippen LogP contribution in [-0.4, -0.2) is 39.0 Å². The second kappa shape index (κ2) is 8.83. The van der Waals surface area contributed by atoms with Crippen LogP contribution in [0.3, 0.4) is 0 Å². The summed E-state index contributed by atoms with van der Waals surface area (Å²) in [6, 6.07) is 1.28. The van der Waals surface area contributed by atoms with Crippen LogP contribution in [0, 0.1) is 12.3 Å². The Labute approximate surface area is 201 Å². The SMILES string of the molecule is CCN(CC)C(=O)c1nccc(Nc2c(NC3c4sc(C)nc4CCC3(C)C)c(=O)c2=O)c1O. The van der Waals surface area contributed by atoms with Gasteiger partial charge in [0.1, 0.15) is 11.4 Å². The van der Waals surface area contributed by atoms with E-state index in [-0.39, 0.29) is 40.0 Å². The van der Waals surface area contributed by atoms with Crippen molar-refractivity contribution in [1.29, 1.82) is 0 Å². The minimum absolute atomic E-state index is 0.0666. The molecule has 9 nitrogen and oxygen atoms in total. The molecule has 1 aromatic carbocycles. The second-order valence-corrected chi connectivity index (χ2v) is 10.4. The topological polar surface area (TPSA) is 125 Å². The highest BCUT2D eigenvalue weighted by Gasteiger charge is 2.40. The Morgan fingerprint density at radius 1 is 1.24 bits per heavy atom. The van der Waals surface area contributed by atoms with Crippen LogP contribution in [0.1, 0.15) is 66.2 Å². The first-order valence-corrected chi connectivity index (χ1v) is 12.2. The van der Waals surface area contributed by atoms with Gasteiger partial charge in [-0.2, -0.15) is 0 Å². The van der Waals surface area contributed by atoms with Gasteiger partial charge in [-0.25, -0.2) is 9.97 Å². The number of pyridine rings is 1. The standard InChI is InChI=1S/C24H29N5O4S/c1-6-29(7-2)23(33)17-18(30)13(9-11-25-17)27-15-16(20(32)19(15)31)28-22-21-14(26-12(3)34-21)8-10-24(22,4)5/h9,11,22,28,30H,6-8,10H2,1-5H3,(H,25,27). The first-order valence-electron chi connectivity index (χ1n) is 11.4. The average Bonchev–Trinajstić information content (AvgIpc) is 3.18. The van der Waals surface area contributed by atoms with E-state index in [2.05, 4.69) is 34.4 Å². The van der Waals surface area contributed by atoms with Crippen LogP contribution >= 0.6 is 11.3 Å². The zero-order valence-electron chi connectivity index (χ0n) is 20.0. The van der Waals surface area contributed by atoms with Crippen molar-refractivity contribution in [2.75, 3.05) is 23.7 Å². The molecule has 10 heteroatoms. The van der Waals surface area contributed by atoms with Crippen LogP contribution in [0.2, 0.25) is 0 Å². The van der Waals surface area contributed by atoms with Crippen LogP contribution < -0.4 is 21.5 Å². The van der Waals surface area contributed by atoms with Crippen molar-refractivity contribution in [3.8, 4) is 5.75 Å². The third kappa shape index (κ3) is 3.96. The highest BCUT2D eigenvalue weighted by molar-refractivity contribution is 7.11. The Balaban J connectivity index is 1.66. The monoisotopic (exact) mass is 483 g/mol. The van der Waals surface area contributed by atoms with Crippen molar-refractivity contribution in [3.63, 3.8) is 0 Å². The summed E-state index contributed by atoms with van der Waals surface area (Å²) in [5, 5.41) is 17.9. The fourth-order valence-electron chi connectivity index (χ4n) is 4.39. The van der Waals surface area contributed by atoms with Crippen molar-refractivity contribution >= 4 is 34.3 Å². The third-order valence-corrected chi connectivity index (χ3v) is 7.60. The average molecular weight is 484 g/mol. The van der Waals surface area contributed by atoms with Crippen LogP contribution in [0.25, 0.3) is 0 Å². The number of nitrogens with zero attached hydrogens (tertiary/aromatic N) is 3. The van der Waals surface area contributed by atoms with E-state index >= 15 is 0 Å². The van der Waals surface area contributed by atoms with Gasteiger partial charge in [0.25, 0.3) is 16.8 Å². The zero-order valence-corrected chi connectivity index (χ0v) is 20.8. The molecule has 0 aliphatic heterocycles. The molecule has 2 aromatic heterocycles. The molecule has 1 atom stereocenters. The van der Waals surface area contributed by atoms with Gasteiger partial charge in [-0.3, -0.25) is 14.4 Å². The fraction of sp³-hybridized carbons (Fsp3) is 0.458. The van der Waals surface area contributed by atoms with E-state index in [1.807, 2.05) is 20.8 Å². The quantitative estimate of drug-likeness (QED) is 0.436. The van der Waals surface area contributed by atoms with Gasteiger partial charge in [0.15, 0.2) is 11.4 Å². The molecule has 3 N–H and O–H groups in total. The first kappa shape index (κ1) is 23.9. The second-order valence-electron chi connectivity index (χ2n) is 9.18. The van der Waals surface area contributed by atoms with Gasteiger partial charge in [-0.1, -0.05) is 13.8 Å². The van der Waals surface area contributed by atoms with Crippen molar-refractivity contribution in [2.24, 2.45) is 5.41 Å². The minimum atomic E-state index is -0.676. The van der Waals surface area contributed by atoms with E-state index in [1.54, 1.807) is 11.3 Å². The number of nitrogens with one attached hydrogen (secondary N) is 2. The van der Waals surface area contributed by atoms with Crippen LogP contribution in [0.5, 0.6) is 5.75 Å². The molecular formula is C24H29N5O4S. The smallest absolute Gasteiger partial charge is 0.276 e. The van der Waals surface area contributed by atoms with Crippen molar-refractivity contribution < 1.29 is 9.90 Å². The van der Waals surface area contributed by atoms with E-state index < -0.39 is 16.8 Å². The van der Waals surface area contributed by atoms with E-state index in [9.17, 15) is 19.5 Å². The van der Waals surface area contributed by atoms with E-state index in [4.69, 9.17) is 0 Å². The predicted molar refractivity (Wildman–Crippen MR) is 133 cm³/mol. The molecule has 0 radical (unpaired) electrons. The number of thiazole rings is 1. The Morgan fingerprint density at radius 3 is 2.59 bits per heavy atom. The van der Waals surface area contributed by atoms with Gasteiger partial charge in [0.05, 0.1) is 27.3 Å². The van der Waals surface area contributed by atoms with Gasteiger partial charge in [0.2, 0.25) is 0 Å². The lowest BCUT2D eigenvalue weighted by Crippen LogP contribution is -2.41. The van der Waals surface area contributed by atoms with Crippen molar-refractivity contribution in [1.82, 2.24) is 14.9 Å². The Hall–Kier alpha value is -3.27. The molecule has 0 spiro atoms. The number of anilines is 3. The number of aryl methyl sites for hydroxylation is 2. The maximum Gasteiger partial charge on any atom is 0.276 e. The molecule has 0 saturated heterocycles. The lowest BCUT2D eigenvalue weighted by atomic mass is 9.74. The summed E-state index contributed by atoms with van der Waals surface area (Å²) in [5.74, 6) is -0.775. The molecule has 1 amide bonds. The summed E-state index contributed by atoms with van der Waals surface area (Å²) in [4.78, 5) is 49.0. The van der Waals surface area contributed by atoms with Gasteiger partial charge in [-0.15, -0.1) is 11.3 Å². The molecule has 0 saturated carbocycles. The van der Waals surface area contributed by atoms with Crippen LogP contribution in [0.4, 0.5) is 17.1 Å². The van der Waals surface area contributed by atoms with Gasteiger partial charge in [-0.05, 0) is 45.1 Å². The summed E-state index contributed by atoms with van der Waals surface area (Å²) in [6.45, 7) is 10.8. The van der Waals surface area contributed by atoms with Gasteiger partial charge in [0, 0.05) is 19.3 Å². The third-order valence-electron chi connectivity index (χ3n) is 6.52. The zero-order chi connectivity index (χ0) is 24.8. The largest absolute Gasteiger partial charge is 0.504 e. The number of carbonyl (C=O) groups excluding carboxylic acids is 1. The summed E-state index contributed by atoms with van der Waals surface area (Å²) in [6.07, 6.45) is 3.14. The van der Waals surface area contributed by atoms with E-state index in [1.165, 1.54) is 17.2 Å². The molecule has 1 unspecified atom stereocenters. The number of aromatic hydroxyl groups is 1. The predicted octanol–water partition coefficient (Wildman–Crippen LogP) is 3.50. The molecule has 180 valence electrons.